The number of halogens is 1. The van der Waals surface area contributed by atoms with Gasteiger partial charge in [-0.3, -0.25) is 14.7 Å². The number of likely N-dealkylation sites (tertiary alicyclic amines) is 1. The summed E-state index contributed by atoms with van der Waals surface area (Å²) in [7, 11) is 1.72. The second-order valence-electron chi connectivity index (χ2n) is 7.23. The number of nitrogens with zero attached hydrogens (tertiary/aromatic N) is 2. The number of primary amides is 1. The number of piperidine rings is 1. The van der Waals surface area contributed by atoms with E-state index in [1.807, 2.05) is 24.3 Å². The van der Waals surface area contributed by atoms with Crippen molar-refractivity contribution in [1.82, 2.24) is 15.5 Å². The van der Waals surface area contributed by atoms with Crippen LogP contribution >= 0.6 is 0 Å². The summed E-state index contributed by atoms with van der Waals surface area (Å²) in [4.78, 5) is 17.4. The van der Waals surface area contributed by atoms with Gasteiger partial charge in [-0.05, 0) is 31.0 Å². The molecule has 1 fully saturated rings. The van der Waals surface area contributed by atoms with Crippen molar-refractivity contribution >= 4 is 11.9 Å². The molecule has 160 valence electrons. The predicted octanol–water partition coefficient (Wildman–Crippen LogP) is 2.23. The molecule has 8 heteroatoms. The van der Waals surface area contributed by atoms with Gasteiger partial charge in [-0.15, -0.1) is 0 Å². The Kier molecular flexibility index (Phi) is 7.62. The summed E-state index contributed by atoms with van der Waals surface area (Å²) < 4.78 is 19.7. The summed E-state index contributed by atoms with van der Waals surface area (Å²) in [5, 5.41) is 6.72. The molecular formula is C22H28FN5O2. The van der Waals surface area contributed by atoms with Crippen molar-refractivity contribution in [2.24, 2.45) is 10.7 Å². The number of ether oxygens (including phenoxy) is 1. The molecule has 7 nitrogen and oxygen atoms in total. The Morgan fingerprint density at radius 2 is 1.83 bits per heavy atom. The van der Waals surface area contributed by atoms with Crippen LogP contribution in [-0.2, 0) is 11.3 Å². The van der Waals surface area contributed by atoms with E-state index in [1.165, 1.54) is 6.07 Å². The summed E-state index contributed by atoms with van der Waals surface area (Å²) in [6.07, 6.45) is 1.81. The van der Waals surface area contributed by atoms with E-state index < -0.39 is 5.82 Å². The van der Waals surface area contributed by atoms with Crippen LogP contribution in [-0.4, -0.2) is 49.5 Å². The second-order valence-corrected chi connectivity index (χ2v) is 7.23. The number of aliphatic imine (C=N–C) groups is 1. The number of hydrogen-bond acceptors (Lipinski definition) is 4. The molecule has 30 heavy (non-hydrogen) atoms. The highest BCUT2D eigenvalue weighted by atomic mass is 19.1. The number of nitrogens with one attached hydrogen (secondary N) is 2. The summed E-state index contributed by atoms with van der Waals surface area (Å²) in [5.41, 5.74) is 6.16. The van der Waals surface area contributed by atoms with Crippen LogP contribution in [0.2, 0.25) is 0 Å². The maximum absolute atomic E-state index is 13.9. The van der Waals surface area contributed by atoms with E-state index in [1.54, 1.807) is 25.2 Å². The third kappa shape index (κ3) is 6.18. The first-order chi connectivity index (χ1) is 14.5. The molecule has 0 spiro atoms. The van der Waals surface area contributed by atoms with Crippen molar-refractivity contribution in [3.8, 4) is 11.5 Å². The van der Waals surface area contributed by atoms with Gasteiger partial charge in [0.25, 0.3) is 0 Å². The Morgan fingerprint density at radius 3 is 2.50 bits per heavy atom. The number of carbonyl (C=O) groups is 1. The molecule has 0 atom stereocenters. The Hall–Kier alpha value is -3.13. The normalized spacial score (nSPS) is 15.6. The molecule has 0 aromatic heterocycles. The Balaban J connectivity index is 1.54. The lowest BCUT2D eigenvalue weighted by atomic mass is 10.1. The Bertz CT molecular complexity index is 881. The lowest BCUT2D eigenvalue weighted by Crippen LogP contribution is -2.49. The van der Waals surface area contributed by atoms with Crippen LogP contribution in [0.3, 0.4) is 0 Å². The Labute approximate surface area is 176 Å². The largest absolute Gasteiger partial charge is 0.454 e. The molecule has 0 radical (unpaired) electrons. The monoisotopic (exact) mass is 413 g/mol. The molecule has 2 aromatic carbocycles. The van der Waals surface area contributed by atoms with Crippen molar-refractivity contribution in [1.29, 1.82) is 0 Å². The van der Waals surface area contributed by atoms with Gasteiger partial charge in [-0.1, -0.05) is 30.3 Å². The van der Waals surface area contributed by atoms with Gasteiger partial charge in [-0.25, -0.2) is 4.39 Å². The molecular weight excluding hydrogens is 385 g/mol. The maximum Gasteiger partial charge on any atom is 0.231 e. The minimum Gasteiger partial charge on any atom is -0.454 e. The molecule has 1 amide bonds. The summed E-state index contributed by atoms with van der Waals surface area (Å²) >= 11 is 0. The minimum atomic E-state index is -0.402. The summed E-state index contributed by atoms with van der Waals surface area (Å²) in [6, 6.07) is 14.1. The Morgan fingerprint density at radius 1 is 1.17 bits per heavy atom. The maximum atomic E-state index is 13.9. The van der Waals surface area contributed by atoms with Crippen LogP contribution in [0.1, 0.15) is 18.4 Å². The molecule has 0 unspecified atom stereocenters. The first-order valence-electron chi connectivity index (χ1n) is 10.0. The standard InChI is InChI=1S/C22H28FN5O2/c1-25-22(27-17-10-12-28(13-11-17)15-21(24)29)26-14-16-6-2-4-8-19(16)30-20-9-5-3-7-18(20)23/h2-9,17H,10-15H2,1H3,(H2,24,29)(H2,25,26,27). The highest BCUT2D eigenvalue weighted by Gasteiger charge is 2.21. The first kappa shape index (κ1) is 21.6. The van der Waals surface area contributed by atoms with E-state index in [4.69, 9.17) is 10.5 Å². The molecule has 1 saturated heterocycles. The van der Waals surface area contributed by atoms with Crippen molar-refractivity contribution in [2.45, 2.75) is 25.4 Å². The number of nitrogens with two attached hydrogens (primary N) is 1. The molecule has 4 N–H and O–H groups in total. The van der Waals surface area contributed by atoms with Gasteiger partial charge in [0, 0.05) is 38.3 Å². The van der Waals surface area contributed by atoms with Gasteiger partial charge in [0.1, 0.15) is 5.75 Å². The van der Waals surface area contributed by atoms with Crippen LogP contribution < -0.4 is 21.1 Å². The van der Waals surface area contributed by atoms with Crippen molar-refractivity contribution < 1.29 is 13.9 Å². The van der Waals surface area contributed by atoms with Gasteiger partial charge >= 0.3 is 0 Å². The SMILES string of the molecule is CN=C(NCc1ccccc1Oc1ccccc1F)NC1CCN(CC(N)=O)CC1. The van der Waals surface area contributed by atoms with Crippen LogP contribution in [0.5, 0.6) is 11.5 Å². The number of benzene rings is 2. The van der Waals surface area contributed by atoms with E-state index in [0.29, 0.717) is 24.8 Å². The van der Waals surface area contributed by atoms with Crippen molar-refractivity contribution in [3.63, 3.8) is 0 Å². The molecule has 1 aliphatic heterocycles. The number of rotatable bonds is 7. The van der Waals surface area contributed by atoms with Crippen LogP contribution in [0, 0.1) is 5.82 Å². The zero-order valence-corrected chi connectivity index (χ0v) is 17.1. The van der Waals surface area contributed by atoms with E-state index in [0.717, 1.165) is 31.5 Å². The fourth-order valence-electron chi connectivity index (χ4n) is 3.42. The number of para-hydroxylation sites is 2. The summed E-state index contributed by atoms with van der Waals surface area (Å²) in [5.74, 6) is 0.764. The zero-order chi connectivity index (χ0) is 21.3. The number of amides is 1. The third-order valence-corrected chi connectivity index (χ3v) is 5.01. The quantitative estimate of drug-likeness (QED) is 0.478. The molecule has 1 heterocycles. The second kappa shape index (κ2) is 10.6. The third-order valence-electron chi connectivity index (χ3n) is 5.01. The van der Waals surface area contributed by atoms with Gasteiger partial charge in [0.2, 0.25) is 5.91 Å². The predicted molar refractivity (Wildman–Crippen MR) is 115 cm³/mol. The number of hydrogen-bond donors (Lipinski definition) is 3. The van der Waals surface area contributed by atoms with Crippen LogP contribution in [0.15, 0.2) is 53.5 Å². The lowest BCUT2D eigenvalue weighted by Gasteiger charge is -2.32. The highest BCUT2D eigenvalue weighted by molar-refractivity contribution is 5.80. The lowest BCUT2D eigenvalue weighted by molar-refractivity contribution is -0.119. The first-order valence-corrected chi connectivity index (χ1v) is 10.0. The molecule has 3 rings (SSSR count). The van der Waals surface area contributed by atoms with E-state index in [-0.39, 0.29) is 17.7 Å². The van der Waals surface area contributed by atoms with Crippen LogP contribution in [0.4, 0.5) is 4.39 Å². The van der Waals surface area contributed by atoms with E-state index >= 15 is 0 Å². The smallest absolute Gasteiger partial charge is 0.231 e. The fraction of sp³-hybridized carbons (Fsp3) is 0.364. The molecule has 0 saturated carbocycles. The highest BCUT2D eigenvalue weighted by Crippen LogP contribution is 2.27. The average Bonchev–Trinajstić information content (AvgIpc) is 2.74. The molecule has 2 aromatic rings. The minimum absolute atomic E-state index is 0.190. The average molecular weight is 413 g/mol. The molecule has 0 aliphatic carbocycles. The van der Waals surface area contributed by atoms with Crippen LogP contribution in [0.25, 0.3) is 0 Å². The molecule has 1 aliphatic rings. The van der Waals surface area contributed by atoms with Crippen molar-refractivity contribution in [2.75, 3.05) is 26.7 Å². The fourth-order valence-corrected chi connectivity index (χ4v) is 3.42. The zero-order valence-electron chi connectivity index (χ0n) is 17.1. The number of carbonyl (C=O) groups excluding carboxylic acids is 1. The van der Waals surface area contributed by atoms with E-state index in [2.05, 4.69) is 20.5 Å². The topological polar surface area (TPSA) is 92.0 Å². The number of guanidine groups is 1. The molecule has 0 bridgehead atoms. The van der Waals surface area contributed by atoms with Gasteiger partial charge in [-0.2, -0.15) is 0 Å². The van der Waals surface area contributed by atoms with Crippen molar-refractivity contribution in [3.05, 3.63) is 59.9 Å². The van der Waals surface area contributed by atoms with Gasteiger partial charge in [0.15, 0.2) is 17.5 Å². The van der Waals surface area contributed by atoms with E-state index in [9.17, 15) is 9.18 Å². The van der Waals surface area contributed by atoms with Gasteiger partial charge in [0.05, 0.1) is 6.54 Å². The van der Waals surface area contributed by atoms with Gasteiger partial charge < -0.3 is 21.1 Å². The summed E-state index contributed by atoms with van der Waals surface area (Å²) in [6.45, 7) is 2.41.